The van der Waals surface area contributed by atoms with E-state index in [0.717, 1.165) is 11.1 Å². The van der Waals surface area contributed by atoms with E-state index < -0.39 is 17.9 Å². The zero-order valence-corrected chi connectivity index (χ0v) is 13.8. The summed E-state index contributed by atoms with van der Waals surface area (Å²) in [7, 11) is 0. The molecular formula is C17H25NO4. The van der Waals surface area contributed by atoms with Crippen molar-refractivity contribution in [3.05, 3.63) is 29.3 Å². The minimum atomic E-state index is -1.04. The summed E-state index contributed by atoms with van der Waals surface area (Å²) >= 11 is 0. The molecule has 1 aromatic carbocycles. The molecule has 0 unspecified atom stereocenters. The van der Waals surface area contributed by atoms with E-state index in [1.54, 1.807) is 13.8 Å². The fraction of sp³-hybridized carbons (Fsp3) is 0.529. The van der Waals surface area contributed by atoms with Gasteiger partial charge in [-0.25, -0.2) is 4.79 Å². The Balaban J connectivity index is 2.72. The Morgan fingerprint density at radius 2 is 1.86 bits per heavy atom. The number of carboxylic acid groups (broad SMARTS) is 1. The molecule has 0 fully saturated rings. The second-order valence-electron chi connectivity index (χ2n) is 6.11. The highest BCUT2D eigenvalue weighted by Crippen LogP contribution is 2.27. The van der Waals surface area contributed by atoms with Gasteiger partial charge in [0.05, 0.1) is 0 Å². The Labute approximate surface area is 131 Å². The van der Waals surface area contributed by atoms with Crippen LogP contribution in [0, 0.1) is 12.8 Å². The first kappa shape index (κ1) is 18.0. The number of carbonyl (C=O) groups excluding carboxylic acids is 1. The standard InChI is InChI=1S/C17H25NO4/c1-10(2)13-7-6-12(5)8-14(13)22-9-15(19)18-16(11(3)4)17(20)21/h6-8,10-11,16H,9H2,1-5H3,(H,18,19)(H,20,21)/t16-/m1/s1. The van der Waals surface area contributed by atoms with Crippen LogP contribution in [0.25, 0.3) is 0 Å². The molecule has 1 amide bonds. The van der Waals surface area contributed by atoms with Crippen LogP contribution in [-0.2, 0) is 9.59 Å². The Kier molecular flexibility index (Phi) is 6.40. The molecule has 1 rings (SSSR count). The number of carboxylic acids is 1. The van der Waals surface area contributed by atoms with Crippen LogP contribution in [0.2, 0.25) is 0 Å². The fourth-order valence-corrected chi connectivity index (χ4v) is 2.12. The summed E-state index contributed by atoms with van der Waals surface area (Å²) in [5.41, 5.74) is 2.07. The lowest BCUT2D eigenvalue weighted by Crippen LogP contribution is -2.46. The average Bonchev–Trinajstić information content (AvgIpc) is 2.41. The number of amides is 1. The van der Waals surface area contributed by atoms with E-state index in [0.29, 0.717) is 5.75 Å². The van der Waals surface area contributed by atoms with Crippen molar-refractivity contribution < 1.29 is 19.4 Å². The topological polar surface area (TPSA) is 75.6 Å². The van der Waals surface area contributed by atoms with E-state index in [4.69, 9.17) is 9.84 Å². The number of carbonyl (C=O) groups is 2. The van der Waals surface area contributed by atoms with E-state index >= 15 is 0 Å². The first-order chi connectivity index (χ1) is 10.2. The lowest BCUT2D eigenvalue weighted by Gasteiger charge is -2.19. The van der Waals surface area contributed by atoms with Crippen LogP contribution in [0.15, 0.2) is 18.2 Å². The van der Waals surface area contributed by atoms with Crippen LogP contribution in [0.5, 0.6) is 5.75 Å². The molecule has 5 heteroatoms. The Hall–Kier alpha value is -2.04. The lowest BCUT2D eigenvalue weighted by molar-refractivity contribution is -0.143. The number of nitrogens with one attached hydrogen (secondary N) is 1. The Morgan fingerprint density at radius 3 is 2.36 bits per heavy atom. The molecule has 1 atom stereocenters. The molecule has 0 aliphatic rings. The van der Waals surface area contributed by atoms with Gasteiger partial charge < -0.3 is 15.2 Å². The van der Waals surface area contributed by atoms with Crippen molar-refractivity contribution in [1.29, 1.82) is 0 Å². The summed E-state index contributed by atoms with van der Waals surface area (Å²) < 4.78 is 5.60. The SMILES string of the molecule is Cc1ccc(C(C)C)c(OCC(=O)N[C@@H](C(=O)O)C(C)C)c1. The zero-order valence-electron chi connectivity index (χ0n) is 13.8. The van der Waals surface area contributed by atoms with Gasteiger partial charge >= 0.3 is 5.97 Å². The van der Waals surface area contributed by atoms with Gasteiger partial charge in [0.2, 0.25) is 0 Å². The largest absolute Gasteiger partial charge is 0.483 e. The van der Waals surface area contributed by atoms with Crippen LogP contribution in [0.4, 0.5) is 0 Å². The van der Waals surface area contributed by atoms with Gasteiger partial charge in [0.1, 0.15) is 11.8 Å². The predicted octanol–water partition coefficient (Wildman–Crippen LogP) is 2.72. The molecule has 0 aliphatic heterocycles. The molecule has 0 saturated heterocycles. The van der Waals surface area contributed by atoms with Crippen molar-refractivity contribution in [2.45, 2.75) is 46.6 Å². The van der Waals surface area contributed by atoms with Gasteiger partial charge in [-0.2, -0.15) is 0 Å². The molecule has 0 radical (unpaired) electrons. The van der Waals surface area contributed by atoms with E-state index in [-0.39, 0.29) is 18.4 Å². The van der Waals surface area contributed by atoms with Crippen molar-refractivity contribution in [2.75, 3.05) is 6.61 Å². The van der Waals surface area contributed by atoms with Gasteiger partial charge in [-0.1, -0.05) is 39.8 Å². The van der Waals surface area contributed by atoms with Crippen molar-refractivity contribution >= 4 is 11.9 Å². The molecule has 22 heavy (non-hydrogen) atoms. The van der Waals surface area contributed by atoms with Gasteiger partial charge in [0.15, 0.2) is 6.61 Å². The number of hydrogen-bond donors (Lipinski definition) is 2. The predicted molar refractivity (Wildman–Crippen MR) is 85.2 cm³/mol. The first-order valence-electron chi connectivity index (χ1n) is 7.48. The van der Waals surface area contributed by atoms with E-state index in [9.17, 15) is 9.59 Å². The molecule has 0 saturated carbocycles. The highest BCUT2D eigenvalue weighted by Gasteiger charge is 2.23. The molecule has 1 aromatic rings. The van der Waals surface area contributed by atoms with Crippen LogP contribution >= 0.6 is 0 Å². The molecule has 0 bridgehead atoms. The fourth-order valence-electron chi connectivity index (χ4n) is 2.12. The van der Waals surface area contributed by atoms with Crippen LogP contribution in [0.3, 0.4) is 0 Å². The summed E-state index contributed by atoms with van der Waals surface area (Å²) in [6.07, 6.45) is 0. The minimum absolute atomic E-state index is 0.188. The van der Waals surface area contributed by atoms with E-state index in [2.05, 4.69) is 19.2 Å². The van der Waals surface area contributed by atoms with Crippen LogP contribution < -0.4 is 10.1 Å². The number of aliphatic carboxylic acids is 1. The molecule has 0 heterocycles. The van der Waals surface area contributed by atoms with Crippen LogP contribution in [-0.4, -0.2) is 29.6 Å². The Morgan fingerprint density at radius 1 is 1.23 bits per heavy atom. The number of benzene rings is 1. The number of ether oxygens (including phenoxy) is 1. The third kappa shape index (κ3) is 5.06. The van der Waals surface area contributed by atoms with Gasteiger partial charge in [0, 0.05) is 0 Å². The van der Waals surface area contributed by atoms with E-state index in [1.807, 2.05) is 25.1 Å². The summed E-state index contributed by atoms with van der Waals surface area (Å²) in [5, 5.41) is 11.6. The molecule has 122 valence electrons. The maximum atomic E-state index is 11.9. The second-order valence-corrected chi connectivity index (χ2v) is 6.11. The van der Waals surface area contributed by atoms with Gasteiger partial charge in [-0.15, -0.1) is 0 Å². The molecule has 0 spiro atoms. The monoisotopic (exact) mass is 307 g/mol. The molecular weight excluding hydrogens is 282 g/mol. The summed E-state index contributed by atoms with van der Waals surface area (Å²) in [4.78, 5) is 23.0. The van der Waals surface area contributed by atoms with Crippen molar-refractivity contribution in [3.8, 4) is 5.75 Å². The average molecular weight is 307 g/mol. The number of aryl methyl sites for hydroxylation is 1. The smallest absolute Gasteiger partial charge is 0.326 e. The normalized spacial score (nSPS) is 12.3. The third-order valence-corrected chi connectivity index (χ3v) is 3.40. The maximum Gasteiger partial charge on any atom is 0.326 e. The van der Waals surface area contributed by atoms with Gasteiger partial charge in [-0.3, -0.25) is 4.79 Å². The first-order valence-corrected chi connectivity index (χ1v) is 7.48. The Bertz CT molecular complexity index is 537. The highest BCUT2D eigenvalue weighted by molar-refractivity contribution is 5.84. The molecule has 2 N–H and O–H groups in total. The van der Waals surface area contributed by atoms with Crippen molar-refractivity contribution in [3.63, 3.8) is 0 Å². The molecule has 0 aromatic heterocycles. The highest BCUT2D eigenvalue weighted by atomic mass is 16.5. The summed E-state index contributed by atoms with van der Waals surface area (Å²) in [6.45, 7) is 9.36. The quantitative estimate of drug-likeness (QED) is 0.812. The molecule has 5 nitrogen and oxygen atoms in total. The molecule has 0 aliphatic carbocycles. The second kappa shape index (κ2) is 7.82. The van der Waals surface area contributed by atoms with Crippen LogP contribution in [0.1, 0.15) is 44.7 Å². The third-order valence-electron chi connectivity index (χ3n) is 3.40. The van der Waals surface area contributed by atoms with Crippen molar-refractivity contribution in [1.82, 2.24) is 5.32 Å². The number of rotatable bonds is 7. The summed E-state index contributed by atoms with van der Waals surface area (Å²) in [5.74, 6) is -0.714. The van der Waals surface area contributed by atoms with E-state index in [1.165, 1.54) is 0 Å². The maximum absolute atomic E-state index is 11.9. The minimum Gasteiger partial charge on any atom is -0.483 e. The number of hydrogen-bond acceptors (Lipinski definition) is 3. The van der Waals surface area contributed by atoms with Gasteiger partial charge in [0.25, 0.3) is 5.91 Å². The van der Waals surface area contributed by atoms with Gasteiger partial charge in [-0.05, 0) is 36.0 Å². The lowest BCUT2D eigenvalue weighted by atomic mass is 10.0. The van der Waals surface area contributed by atoms with Crippen molar-refractivity contribution in [2.24, 2.45) is 5.92 Å². The zero-order chi connectivity index (χ0) is 16.9. The summed E-state index contributed by atoms with van der Waals surface area (Å²) in [6, 6.07) is 4.97.